The molecule has 1 saturated carbocycles. The first-order valence-electron chi connectivity index (χ1n) is 11.4. The highest BCUT2D eigenvalue weighted by Crippen LogP contribution is 2.38. The maximum atomic E-state index is 13.6. The van der Waals surface area contributed by atoms with Crippen molar-refractivity contribution in [2.24, 2.45) is 0 Å². The van der Waals surface area contributed by atoms with Crippen molar-refractivity contribution in [1.82, 2.24) is 19.7 Å². The van der Waals surface area contributed by atoms with Gasteiger partial charge in [0.15, 0.2) is 28.2 Å². The summed E-state index contributed by atoms with van der Waals surface area (Å²) in [6.45, 7) is 0.350. The molecular formula is C24H20N4O6S. The van der Waals surface area contributed by atoms with Gasteiger partial charge >= 0.3 is 0 Å². The maximum Gasteiger partial charge on any atom is 0.262 e. The molecule has 3 aliphatic rings. The first-order valence-corrected chi connectivity index (χ1v) is 12.4. The minimum atomic E-state index is -0.0609. The standard InChI is InChI=1S/C24H20N4O6S/c29-23-15-8-19-20(33-12-32-19)9-16(15)25-24(28(23)14-3-1-2-4-14)35-10-21-26-22(27-34-21)13-5-6-17-18(7-13)31-11-30-17/h5-9,14H,1-4,10-12H2. The van der Waals surface area contributed by atoms with Gasteiger partial charge in [-0.05, 0) is 37.1 Å². The summed E-state index contributed by atoms with van der Waals surface area (Å²) < 4.78 is 29.1. The Morgan fingerprint density at radius 3 is 2.49 bits per heavy atom. The molecule has 7 rings (SSSR count). The van der Waals surface area contributed by atoms with E-state index >= 15 is 0 Å². The Bertz CT molecular complexity index is 1510. The van der Waals surface area contributed by atoms with Crippen LogP contribution in [0.1, 0.15) is 37.6 Å². The fourth-order valence-corrected chi connectivity index (χ4v) is 5.65. The van der Waals surface area contributed by atoms with Gasteiger partial charge in [0.1, 0.15) is 0 Å². The molecule has 1 aliphatic carbocycles. The SMILES string of the molecule is O=c1c2cc3c(cc2nc(SCc2nc(-c4ccc5c(c4)OCO5)no2)n1C1CCCC1)OCO3. The number of nitrogens with zero attached hydrogens (tertiary/aromatic N) is 4. The summed E-state index contributed by atoms with van der Waals surface area (Å²) in [7, 11) is 0. The van der Waals surface area contributed by atoms with Crippen molar-refractivity contribution >= 4 is 22.7 Å². The zero-order chi connectivity index (χ0) is 23.4. The van der Waals surface area contributed by atoms with Gasteiger partial charge in [-0.25, -0.2) is 4.98 Å². The van der Waals surface area contributed by atoms with Gasteiger partial charge in [0.25, 0.3) is 5.56 Å². The molecule has 0 radical (unpaired) electrons. The van der Waals surface area contributed by atoms with Crippen LogP contribution in [0.5, 0.6) is 23.0 Å². The molecule has 10 nitrogen and oxygen atoms in total. The number of aromatic nitrogens is 4. The maximum absolute atomic E-state index is 13.6. The Balaban J connectivity index is 1.21. The summed E-state index contributed by atoms with van der Waals surface area (Å²) in [6, 6.07) is 9.15. The van der Waals surface area contributed by atoms with E-state index in [0.717, 1.165) is 31.2 Å². The number of hydrogen-bond acceptors (Lipinski definition) is 10. The molecule has 2 aromatic carbocycles. The van der Waals surface area contributed by atoms with Crippen LogP contribution in [-0.4, -0.2) is 33.3 Å². The third-order valence-corrected chi connectivity index (χ3v) is 7.41. The zero-order valence-electron chi connectivity index (χ0n) is 18.6. The van der Waals surface area contributed by atoms with Crippen LogP contribution in [-0.2, 0) is 5.75 Å². The second-order valence-corrected chi connectivity index (χ2v) is 9.54. The second kappa shape index (κ2) is 8.19. The first kappa shape index (κ1) is 20.6. The smallest absolute Gasteiger partial charge is 0.262 e. The van der Waals surface area contributed by atoms with E-state index in [4.69, 9.17) is 28.5 Å². The Labute approximate surface area is 203 Å². The molecule has 0 spiro atoms. The average molecular weight is 493 g/mol. The van der Waals surface area contributed by atoms with E-state index < -0.39 is 0 Å². The number of fused-ring (bicyclic) bond motifs is 3. The van der Waals surface area contributed by atoms with Gasteiger partial charge in [0.2, 0.25) is 25.3 Å². The molecule has 178 valence electrons. The average Bonchev–Trinajstić information content (AvgIpc) is 3.67. The van der Waals surface area contributed by atoms with Crippen molar-refractivity contribution in [2.75, 3.05) is 13.6 Å². The normalized spacial score (nSPS) is 16.5. The summed E-state index contributed by atoms with van der Waals surface area (Å²) in [5, 5.41) is 5.29. The van der Waals surface area contributed by atoms with E-state index in [-0.39, 0.29) is 25.2 Å². The number of ether oxygens (including phenoxy) is 4. The second-order valence-electron chi connectivity index (χ2n) is 8.60. The molecule has 2 aliphatic heterocycles. The van der Waals surface area contributed by atoms with E-state index in [0.29, 0.717) is 56.5 Å². The van der Waals surface area contributed by atoms with Crippen LogP contribution in [0, 0.1) is 0 Å². The van der Waals surface area contributed by atoms with Crippen molar-refractivity contribution in [3.63, 3.8) is 0 Å². The quantitative estimate of drug-likeness (QED) is 0.295. The minimum Gasteiger partial charge on any atom is -0.454 e. The summed E-state index contributed by atoms with van der Waals surface area (Å²) in [4.78, 5) is 23.0. The summed E-state index contributed by atoms with van der Waals surface area (Å²) >= 11 is 1.42. The molecule has 4 heterocycles. The van der Waals surface area contributed by atoms with E-state index in [1.807, 2.05) is 22.8 Å². The van der Waals surface area contributed by atoms with Crippen molar-refractivity contribution in [2.45, 2.75) is 42.6 Å². The molecule has 0 unspecified atom stereocenters. The molecule has 0 saturated heterocycles. The molecular weight excluding hydrogens is 472 g/mol. The number of hydrogen-bond donors (Lipinski definition) is 0. The van der Waals surface area contributed by atoms with E-state index in [2.05, 4.69) is 10.1 Å². The minimum absolute atomic E-state index is 0.0609. The van der Waals surface area contributed by atoms with Gasteiger partial charge in [-0.3, -0.25) is 9.36 Å². The highest BCUT2D eigenvalue weighted by atomic mass is 32.2. The highest BCUT2D eigenvalue weighted by Gasteiger charge is 2.25. The van der Waals surface area contributed by atoms with Gasteiger partial charge < -0.3 is 23.5 Å². The lowest BCUT2D eigenvalue weighted by molar-refractivity contribution is 0.173. The Morgan fingerprint density at radius 2 is 1.66 bits per heavy atom. The lowest BCUT2D eigenvalue weighted by Gasteiger charge is -2.18. The topological polar surface area (TPSA) is 111 Å². The molecule has 35 heavy (non-hydrogen) atoms. The van der Waals surface area contributed by atoms with Crippen LogP contribution >= 0.6 is 11.8 Å². The Morgan fingerprint density at radius 1 is 0.914 bits per heavy atom. The zero-order valence-corrected chi connectivity index (χ0v) is 19.4. The predicted octanol–water partition coefficient (Wildman–Crippen LogP) is 4.31. The van der Waals surface area contributed by atoms with Crippen LogP contribution < -0.4 is 24.5 Å². The fourth-order valence-electron chi connectivity index (χ4n) is 4.75. The van der Waals surface area contributed by atoms with Gasteiger partial charge in [-0.2, -0.15) is 4.98 Å². The Hall–Kier alpha value is -3.73. The number of benzene rings is 2. The summed E-state index contributed by atoms with van der Waals surface area (Å²) in [5.41, 5.74) is 1.30. The summed E-state index contributed by atoms with van der Waals surface area (Å²) in [6.07, 6.45) is 4.12. The van der Waals surface area contributed by atoms with Crippen LogP contribution in [0.4, 0.5) is 0 Å². The number of thioether (sulfide) groups is 1. The molecule has 2 aromatic heterocycles. The van der Waals surface area contributed by atoms with E-state index in [9.17, 15) is 4.79 Å². The van der Waals surface area contributed by atoms with Crippen molar-refractivity contribution < 1.29 is 23.5 Å². The summed E-state index contributed by atoms with van der Waals surface area (Å²) in [5.74, 6) is 3.83. The van der Waals surface area contributed by atoms with Gasteiger partial charge in [-0.15, -0.1) is 0 Å². The highest BCUT2D eigenvalue weighted by molar-refractivity contribution is 7.98. The molecule has 0 N–H and O–H groups in total. The van der Waals surface area contributed by atoms with Crippen molar-refractivity contribution in [1.29, 1.82) is 0 Å². The van der Waals surface area contributed by atoms with Gasteiger partial charge in [0.05, 0.1) is 16.7 Å². The number of rotatable bonds is 5. The van der Waals surface area contributed by atoms with Crippen LogP contribution in [0.2, 0.25) is 0 Å². The van der Waals surface area contributed by atoms with Crippen molar-refractivity contribution in [3.8, 4) is 34.4 Å². The first-order chi connectivity index (χ1) is 17.2. The van der Waals surface area contributed by atoms with E-state index in [1.165, 1.54) is 11.8 Å². The molecule has 0 amide bonds. The van der Waals surface area contributed by atoms with Crippen LogP contribution in [0.3, 0.4) is 0 Å². The largest absolute Gasteiger partial charge is 0.454 e. The predicted molar refractivity (Wildman–Crippen MR) is 125 cm³/mol. The third kappa shape index (κ3) is 3.57. The van der Waals surface area contributed by atoms with Crippen LogP contribution in [0.15, 0.2) is 44.8 Å². The fraction of sp³-hybridized carbons (Fsp3) is 0.333. The lowest BCUT2D eigenvalue weighted by atomic mass is 10.2. The van der Waals surface area contributed by atoms with Gasteiger partial charge in [0, 0.05) is 17.7 Å². The van der Waals surface area contributed by atoms with Crippen molar-refractivity contribution in [3.05, 3.63) is 46.6 Å². The molecule has 1 fully saturated rings. The van der Waals surface area contributed by atoms with E-state index in [1.54, 1.807) is 12.1 Å². The molecule has 0 bridgehead atoms. The van der Waals surface area contributed by atoms with Gasteiger partial charge in [-0.1, -0.05) is 29.8 Å². The lowest BCUT2D eigenvalue weighted by Crippen LogP contribution is -2.26. The third-order valence-electron chi connectivity index (χ3n) is 6.48. The molecule has 0 atom stereocenters. The molecule has 11 heteroatoms. The van der Waals surface area contributed by atoms with Crippen LogP contribution in [0.25, 0.3) is 22.3 Å². The molecule has 4 aromatic rings. The Kier molecular flexibility index (Phi) is 4.83. The monoisotopic (exact) mass is 492 g/mol.